The normalized spacial score (nSPS) is 15.0. The summed E-state index contributed by atoms with van der Waals surface area (Å²) in [5, 5.41) is 12.1. The van der Waals surface area contributed by atoms with Crippen LogP contribution in [0.15, 0.2) is 72.3 Å². The van der Waals surface area contributed by atoms with Crippen LogP contribution in [-0.4, -0.2) is 71.9 Å². The van der Waals surface area contributed by atoms with E-state index in [-0.39, 0.29) is 36.4 Å². The van der Waals surface area contributed by atoms with Gasteiger partial charge in [-0.2, -0.15) is 8.75 Å². The van der Waals surface area contributed by atoms with E-state index < -0.39 is 11.8 Å². The Bertz CT molecular complexity index is 2280. The van der Waals surface area contributed by atoms with Crippen LogP contribution in [0.5, 0.6) is 40.2 Å². The number of methoxy groups -OCH3 is 3. The molecule has 0 saturated heterocycles. The van der Waals surface area contributed by atoms with Crippen molar-refractivity contribution >= 4 is 40.6 Å². The highest BCUT2D eigenvalue weighted by molar-refractivity contribution is 7.00. The van der Waals surface area contributed by atoms with Crippen LogP contribution in [0, 0.1) is 0 Å². The van der Waals surface area contributed by atoms with Gasteiger partial charge in [0.25, 0.3) is 5.79 Å². The monoisotopic (exact) mass is 828 g/mol. The van der Waals surface area contributed by atoms with Crippen molar-refractivity contribution < 1.29 is 52.6 Å². The molecule has 0 saturated carbocycles. The van der Waals surface area contributed by atoms with Crippen LogP contribution in [0.2, 0.25) is 0 Å². The molecular weight excluding hydrogens is 777 g/mol. The number of hydrogen-bond donors (Lipinski definition) is 1. The molecule has 6 rings (SSSR count). The summed E-state index contributed by atoms with van der Waals surface area (Å²) < 4.78 is 54.1. The third-order valence-corrected chi connectivity index (χ3v) is 9.25. The summed E-state index contributed by atoms with van der Waals surface area (Å²) in [4.78, 5) is 24.4. The first-order chi connectivity index (χ1) is 28.1. The zero-order chi connectivity index (χ0) is 43.0. The van der Waals surface area contributed by atoms with E-state index in [1.54, 1.807) is 68.8 Å². The summed E-state index contributed by atoms with van der Waals surface area (Å²) in [6.07, 6.45) is 0.639. The van der Waals surface area contributed by atoms with Gasteiger partial charge in [0, 0.05) is 23.1 Å². The van der Waals surface area contributed by atoms with Crippen LogP contribution in [-0.2, 0) is 21.7 Å². The smallest absolute Gasteiger partial charge is 0.342 e. The number of esters is 1. The number of carbonyl (C=O) groups is 2. The van der Waals surface area contributed by atoms with E-state index in [0.29, 0.717) is 68.0 Å². The van der Waals surface area contributed by atoms with Crippen molar-refractivity contribution in [2.45, 2.75) is 92.0 Å². The molecule has 0 amide bonds. The average molecular weight is 829 g/mol. The molecule has 1 atom stereocenters. The van der Waals surface area contributed by atoms with E-state index in [1.807, 2.05) is 67.5 Å². The van der Waals surface area contributed by atoms with Crippen LogP contribution in [0.4, 0.5) is 0 Å². The minimum absolute atomic E-state index is 0.00417. The van der Waals surface area contributed by atoms with Crippen molar-refractivity contribution in [3.05, 3.63) is 94.6 Å². The number of cyclic esters (lactones) is 1. The Hall–Kier alpha value is -5.86. The van der Waals surface area contributed by atoms with Gasteiger partial charge in [-0.3, -0.25) is 4.79 Å². The first kappa shape index (κ1) is 44.2. The van der Waals surface area contributed by atoms with Crippen molar-refractivity contribution in [1.82, 2.24) is 8.75 Å². The number of carbonyl (C=O) groups excluding carboxylic acids is 2. The van der Waals surface area contributed by atoms with Gasteiger partial charge in [-0.15, -0.1) is 0 Å². The Morgan fingerprint density at radius 3 is 1.75 bits per heavy atom. The van der Waals surface area contributed by atoms with Crippen molar-refractivity contribution in [2.24, 2.45) is 0 Å². The van der Waals surface area contributed by atoms with E-state index in [0.717, 1.165) is 29.1 Å². The van der Waals surface area contributed by atoms with Crippen molar-refractivity contribution in [3.8, 4) is 40.2 Å². The van der Waals surface area contributed by atoms with Gasteiger partial charge in [0.05, 0.1) is 63.0 Å². The number of benzene rings is 4. The molecule has 1 aliphatic heterocycles. The van der Waals surface area contributed by atoms with Crippen LogP contribution in [0.1, 0.15) is 82.4 Å². The second kappa shape index (κ2) is 19.3. The Morgan fingerprint density at radius 1 is 0.678 bits per heavy atom. The minimum Gasteiger partial charge on any atom is -0.497 e. The number of aromatic nitrogens is 2. The maximum absolute atomic E-state index is 13.5. The molecule has 1 aromatic heterocycles. The molecule has 13 nitrogen and oxygen atoms in total. The van der Waals surface area contributed by atoms with Crippen LogP contribution in [0.3, 0.4) is 0 Å². The standard InChI is InChI=1S/C31H32N2O7S.C14H20O4/c1-17(2)38-27-15-19(14-26(37-6)29(27)39-18(3)4)13-23-28(20-7-12-24-25(16-20)33-41-32-24)30(34)40-31(23,35)21-8-10-22(36-5)11-9-21;1-9(2)17-13-7-11(8-15)6-12(16-5)14(13)18-10(3)4/h7-12,14-18,35H,13H2,1-6H3;6-10H,1-5H3. The predicted octanol–water partition coefficient (Wildman–Crippen LogP) is 8.76. The Morgan fingerprint density at radius 2 is 1.20 bits per heavy atom. The van der Waals surface area contributed by atoms with Gasteiger partial charge in [-0.1, -0.05) is 6.07 Å². The molecular formula is C45H52N2O11S. The molecule has 0 radical (unpaired) electrons. The molecule has 0 spiro atoms. The molecule has 0 bridgehead atoms. The predicted molar refractivity (Wildman–Crippen MR) is 225 cm³/mol. The minimum atomic E-state index is -2.03. The first-order valence-corrected chi connectivity index (χ1v) is 19.9. The zero-order valence-corrected chi connectivity index (χ0v) is 36.1. The van der Waals surface area contributed by atoms with E-state index in [2.05, 4.69) is 8.75 Å². The fourth-order valence-corrected chi connectivity index (χ4v) is 6.84. The first-order valence-electron chi connectivity index (χ1n) is 19.2. The second-order valence-electron chi connectivity index (χ2n) is 14.7. The molecule has 1 unspecified atom stereocenters. The molecule has 0 fully saturated rings. The topological polar surface area (TPSA) is 154 Å². The van der Waals surface area contributed by atoms with Crippen molar-refractivity contribution in [3.63, 3.8) is 0 Å². The maximum atomic E-state index is 13.5. The molecule has 14 heteroatoms. The van der Waals surface area contributed by atoms with Gasteiger partial charge < -0.3 is 43.0 Å². The van der Waals surface area contributed by atoms with E-state index in [1.165, 1.54) is 7.11 Å². The number of aliphatic hydroxyl groups is 1. The lowest BCUT2D eigenvalue weighted by molar-refractivity contribution is -0.185. The highest BCUT2D eigenvalue weighted by atomic mass is 32.1. The lowest BCUT2D eigenvalue weighted by Gasteiger charge is -2.26. The van der Waals surface area contributed by atoms with Gasteiger partial charge in [0.1, 0.15) is 23.1 Å². The average Bonchev–Trinajstić information content (AvgIpc) is 3.76. The number of aldehydes is 1. The molecule has 2 heterocycles. The largest absolute Gasteiger partial charge is 0.497 e. The summed E-state index contributed by atoms with van der Waals surface area (Å²) in [6.45, 7) is 15.4. The molecule has 1 aliphatic rings. The fourth-order valence-electron chi connectivity index (χ4n) is 6.32. The fraction of sp³-hybridized carbons (Fsp3) is 0.378. The van der Waals surface area contributed by atoms with E-state index in [9.17, 15) is 14.7 Å². The number of nitrogens with zero attached hydrogens (tertiary/aromatic N) is 2. The lowest BCUT2D eigenvalue weighted by Crippen LogP contribution is -2.29. The second-order valence-corrected chi connectivity index (χ2v) is 15.2. The van der Waals surface area contributed by atoms with Gasteiger partial charge in [0.2, 0.25) is 11.5 Å². The highest BCUT2D eigenvalue weighted by Crippen LogP contribution is 2.47. The summed E-state index contributed by atoms with van der Waals surface area (Å²) in [6, 6.07) is 19.1. The van der Waals surface area contributed by atoms with Crippen LogP contribution < -0.4 is 33.2 Å². The summed E-state index contributed by atoms with van der Waals surface area (Å²) in [5.41, 5.74) is 4.17. The number of ether oxygens (including phenoxy) is 8. The molecule has 4 aromatic carbocycles. The molecule has 5 aromatic rings. The number of hydrogen-bond acceptors (Lipinski definition) is 14. The third kappa shape index (κ3) is 10.4. The number of rotatable bonds is 16. The van der Waals surface area contributed by atoms with Crippen LogP contribution >= 0.6 is 11.7 Å². The third-order valence-electron chi connectivity index (χ3n) is 8.69. The summed E-state index contributed by atoms with van der Waals surface area (Å²) >= 11 is 1.09. The van der Waals surface area contributed by atoms with Crippen molar-refractivity contribution in [2.75, 3.05) is 21.3 Å². The summed E-state index contributed by atoms with van der Waals surface area (Å²) in [7, 11) is 4.66. The molecule has 0 aliphatic carbocycles. The van der Waals surface area contributed by atoms with E-state index >= 15 is 0 Å². The molecule has 59 heavy (non-hydrogen) atoms. The van der Waals surface area contributed by atoms with Gasteiger partial charge in [-0.25, -0.2) is 4.79 Å². The van der Waals surface area contributed by atoms with E-state index in [4.69, 9.17) is 37.9 Å². The zero-order valence-electron chi connectivity index (χ0n) is 35.3. The SMILES string of the molecule is COc1cc(C=O)cc(OC(C)C)c1OC(C)C.COc1ccc(C2(O)OC(=O)C(c3ccc4nsnc4c3)=C2Cc2cc(OC)c(OC(C)C)c(OC(C)C)c2)cc1. The molecule has 314 valence electrons. The Balaban J connectivity index is 0.000000309. The van der Waals surface area contributed by atoms with Gasteiger partial charge >= 0.3 is 5.97 Å². The quantitative estimate of drug-likeness (QED) is 0.0745. The van der Waals surface area contributed by atoms with Crippen LogP contribution in [0.25, 0.3) is 16.6 Å². The molecule has 1 N–H and O–H groups in total. The van der Waals surface area contributed by atoms with Crippen molar-refractivity contribution in [1.29, 1.82) is 0 Å². The van der Waals surface area contributed by atoms with Gasteiger partial charge in [0.15, 0.2) is 23.0 Å². The summed E-state index contributed by atoms with van der Waals surface area (Å²) in [5.74, 6) is 0.949. The van der Waals surface area contributed by atoms with Gasteiger partial charge in [-0.05, 0) is 127 Å². The Kier molecular flexibility index (Phi) is 14.4. The number of fused-ring (bicyclic) bond motifs is 1. The maximum Gasteiger partial charge on any atom is 0.342 e. The Labute approximate surface area is 349 Å². The highest BCUT2D eigenvalue weighted by Gasteiger charge is 2.48. The lowest BCUT2D eigenvalue weighted by atomic mass is 9.88.